The quantitative estimate of drug-likeness (QED) is 0.705. The van der Waals surface area contributed by atoms with Crippen molar-refractivity contribution >= 4 is 17.0 Å². The molecule has 4 rings (SSSR count). The summed E-state index contributed by atoms with van der Waals surface area (Å²) in [6.45, 7) is 2.36. The predicted molar refractivity (Wildman–Crippen MR) is 96.7 cm³/mol. The normalized spacial score (nSPS) is 20.0. The summed E-state index contributed by atoms with van der Waals surface area (Å²) in [7, 11) is 1.80. The largest absolute Gasteiger partial charge is 0.373 e. The van der Waals surface area contributed by atoms with Crippen LogP contribution in [0.4, 0.5) is 4.39 Å². The number of hydrogen-bond acceptors (Lipinski definition) is 5. The highest BCUT2D eigenvalue weighted by Gasteiger charge is 2.29. The van der Waals surface area contributed by atoms with Gasteiger partial charge in [-0.25, -0.2) is 9.37 Å². The monoisotopic (exact) mass is 369 g/mol. The van der Waals surface area contributed by atoms with Gasteiger partial charge in [0.25, 0.3) is 11.6 Å². The van der Waals surface area contributed by atoms with Crippen LogP contribution in [0.2, 0.25) is 0 Å². The van der Waals surface area contributed by atoms with E-state index >= 15 is 0 Å². The highest BCUT2D eigenvalue weighted by atomic mass is 19.1. The van der Waals surface area contributed by atoms with E-state index in [1.54, 1.807) is 30.1 Å². The van der Waals surface area contributed by atoms with E-state index in [0.29, 0.717) is 30.0 Å². The molecule has 2 atom stereocenters. The second-order valence-electron chi connectivity index (χ2n) is 6.85. The Morgan fingerprint density at radius 3 is 2.85 bits per heavy atom. The number of aryl methyl sites for hydroxylation is 1. The molecule has 3 heterocycles. The number of pyridine rings is 1. The van der Waals surface area contributed by atoms with Gasteiger partial charge in [0.15, 0.2) is 0 Å². The van der Waals surface area contributed by atoms with Gasteiger partial charge in [0.1, 0.15) is 5.82 Å². The Morgan fingerprint density at radius 1 is 1.30 bits per heavy atom. The second-order valence-corrected chi connectivity index (χ2v) is 6.85. The summed E-state index contributed by atoms with van der Waals surface area (Å²) in [5.41, 5.74) is 2.55. The number of fused-ring (bicyclic) bond motifs is 1. The van der Waals surface area contributed by atoms with Crippen LogP contribution < -0.4 is 0 Å². The molecule has 140 valence electrons. The van der Waals surface area contributed by atoms with Crippen molar-refractivity contribution in [1.29, 1.82) is 0 Å². The predicted octanol–water partition coefficient (Wildman–Crippen LogP) is 3.66. The number of carbonyl (C=O) groups is 1. The Morgan fingerprint density at radius 2 is 2.07 bits per heavy atom. The molecule has 1 aliphatic heterocycles. The molecular formula is C20H20FN3O3. The van der Waals surface area contributed by atoms with Crippen molar-refractivity contribution in [1.82, 2.24) is 15.0 Å². The highest BCUT2D eigenvalue weighted by molar-refractivity contribution is 5.97. The second kappa shape index (κ2) is 7.08. The first-order chi connectivity index (χ1) is 13.0. The average molecular weight is 369 g/mol. The van der Waals surface area contributed by atoms with Crippen LogP contribution in [0.1, 0.15) is 40.6 Å². The molecule has 0 N–H and O–H groups in total. The molecule has 1 aliphatic rings. The zero-order chi connectivity index (χ0) is 19.0. The maximum atomic E-state index is 13.2. The van der Waals surface area contributed by atoms with Gasteiger partial charge in [0.05, 0.1) is 22.7 Å². The zero-order valence-electron chi connectivity index (χ0n) is 15.2. The lowest BCUT2D eigenvalue weighted by molar-refractivity contribution is -0.0197. The van der Waals surface area contributed by atoms with Crippen molar-refractivity contribution in [2.45, 2.75) is 31.9 Å². The molecule has 6 nitrogen and oxygen atoms in total. The van der Waals surface area contributed by atoms with Gasteiger partial charge >= 0.3 is 0 Å². The van der Waals surface area contributed by atoms with Gasteiger partial charge in [0, 0.05) is 25.9 Å². The number of ether oxygens (including phenoxy) is 1. The fraction of sp³-hybridized carbons (Fsp3) is 0.350. The molecule has 0 radical (unpaired) electrons. The number of nitrogens with zero attached hydrogens (tertiary/aromatic N) is 3. The number of rotatable bonds is 3. The minimum absolute atomic E-state index is 0.0283. The van der Waals surface area contributed by atoms with Crippen molar-refractivity contribution < 1.29 is 18.4 Å². The Kier molecular flexibility index (Phi) is 4.61. The maximum absolute atomic E-state index is 13.2. The van der Waals surface area contributed by atoms with Crippen LogP contribution in [0.25, 0.3) is 11.1 Å². The molecule has 1 aromatic carbocycles. The van der Waals surface area contributed by atoms with Crippen LogP contribution in [-0.2, 0) is 4.74 Å². The topological polar surface area (TPSA) is 68.5 Å². The minimum Gasteiger partial charge on any atom is -0.373 e. The number of carbonyl (C=O) groups excluding carboxylic acids is 1. The zero-order valence-corrected chi connectivity index (χ0v) is 15.2. The first-order valence-electron chi connectivity index (χ1n) is 8.89. The highest BCUT2D eigenvalue weighted by Crippen LogP contribution is 2.31. The van der Waals surface area contributed by atoms with Crippen molar-refractivity contribution in [3.05, 3.63) is 59.2 Å². The van der Waals surface area contributed by atoms with E-state index in [4.69, 9.17) is 9.26 Å². The standard InChI is InChI=1S/C20H20FN3O3/c1-12-17-9-14(11-22-19(17)27-23-12)20(25)24(2)16-7-8-26-18(10-16)13-3-5-15(21)6-4-13/h3-6,9,11,16,18H,7-8,10H2,1-2H3. The molecule has 1 saturated heterocycles. The van der Waals surface area contributed by atoms with Gasteiger partial charge < -0.3 is 14.2 Å². The van der Waals surface area contributed by atoms with Crippen molar-refractivity contribution in [2.24, 2.45) is 0 Å². The SMILES string of the molecule is Cc1noc2ncc(C(=O)N(C)C3CCOC(c4ccc(F)cc4)C3)cc12. The van der Waals surface area contributed by atoms with E-state index in [9.17, 15) is 9.18 Å². The van der Waals surface area contributed by atoms with Crippen molar-refractivity contribution in [2.75, 3.05) is 13.7 Å². The summed E-state index contributed by atoms with van der Waals surface area (Å²) in [6.07, 6.45) is 2.78. The van der Waals surface area contributed by atoms with Gasteiger partial charge in [-0.1, -0.05) is 17.3 Å². The van der Waals surface area contributed by atoms with Crippen LogP contribution in [0.15, 0.2) is 41.1 Å². The van der Waals surface area contributed by atoms with Crippen LogP contribution in [0.5, 0.6) is 0 Å². The third kappa shape index (κ3) is 3.42. The van der Waals surface area contributed by atoms with E-state index in [2.05, 4.69) is 10.1 Å². The molecule has 2 aromatic heterocycles. The fourth-order valence-electron chi connectivity index (χ4n) is 3.47. The van der Waals surface area contributed by atoms with Gasteiger partial charge in [0.2, 0.25) is 0 Å². The molecule has 1 fully saturated rings. The van der Waals surface area contributed by atoms with Gasteiger partial charge in [-0.2, -0.15) is 0 Å². The smallest absolute Gasteiger partial charge is 0.257 e. The van der Waals surface area contributed by atoms with Crippen LogP contribution in [0.3, 0.4) is 0 Å². The lowest BCUT2D eigenvalue weighted by Crippen LogP contribution is -2.41. The Bertz CT molecular complexity index is 970. The van der Waals surface area contributed by atoms with Gasteiger partial charge in [-0.15, -0.1) is 0 Å². The van der Waals surface area contributed by atoms with Crippen LogP contribution in [0, 0.1) is 12.7 Å². The Balaban J connectivity index is 1.51. The molecule has 0 saturated carbocycles. The van der Waals surface area contributed by atoms with E-state index in [-0.39, 0.29) is 23.9 Å². The minimum atomic E-state index is -0.273. The maximum Gasteiger partial charge on any atom is 0.257 e. The summed E-state index contributed by atoms with van der Waals surface area (Å²) in [4.78, 5) is 18.9. The lowest BCUT2D eigenvalue weighted by Gasteiger charge is -2.35. The average Bonchev–Trinajstić information content (AvgIpc) is 3.08. The molecule has 2 unspecified atom stereocenters. The fourth-order valence-corrected chi connectivity index (χ4v) is 3.47. The summed E-state index contributed by atoms with van der Waals surface area (Å²) < 4.78 is 24.1. The molecule has 0 aliphatic carbocycles. The van der Waals surface area contributed by atoms with Gasteiger partial charge in [-0.05, 0) is 43.5 Å². The summed E-state index contributed by atoms with van der Waals surface area (Å²) in [6, 6.07) is 8.12. The molecule has 27 heavy (non-hydrogen) atoms. The van der Waals surface area contributed by atoms with Crippen molar-refractivity contribution in [3.63, 3.8) is 0 Å². The number of halogens is 1. The summed E-state index contributed by atoms with van der Waals surface area (Å²) >= 11 is 0. The molecule has 0 bridgehead atoms. The molecule has 7 heteroatoms. The molecule has 0 spiro atoms. The number of benzene rings is 1. The van der Waals surface area contributed by atoms with E-state index in [1.807, 2.05) is 6.92 Å². The Labute approximate surface area is 155 Å². The van der Waals surface area contributed by atoms with Gasteiger partial charge in [-0.3, -0.25) is 4.79 Å². The van der Waals surface area contributed by atoms with Crippen molar-refractivity contribution in [3.8, 4) is 0 Å². The summed E-state index contributed by atoms with van der Waals surface area (Å²) in [5, 5.41) is 4.62. The molecular weight excluding hydrogens is 349 g/mol. The first-order valence-corrected chi connectivity index (χ1v) is 8.89. The van der Waals surface area contributed by atoms with E-state index in [0.717, 1.165) is 17.4 Å². The number of amides is 1. The number of hydrogen-bond donors (Lipinski definition) is 0. The number of aromatic nitrogens is 2. The molecule has 3 aromatic rings. The first kappa shape index (κ1) is 17.6. The van der Waals surface area contributed by atoms with Crippen LogP contribution >= 0.6 is 0 Å². The third-order valence-electron chi connectivity index (χ3n) is 5.12. The summed E-state index contributed by atoms with van der Waals surface area (Å²) in [5.74, 6) is -0.375. The van der Waals surface area contributed by atoms with E-state index < -0.39 is 0 Å². The van der Waals surface area contributed by atoms with Crippen LogP contribution in [-0.4, -0.2) is 40.6 Å². The molecule has 1 amide bonds. The lowest BCUT2D eigenvalue weighted by atomic mass is 9.96. The third-order valence-corrected chi connectivity index (χ3v) is 5.12. The Hall–Kier alpha value is -2.80. The van der Waals surface area contributed by atoms with E-state index in [1.165, 1.54) is 18.3 Å².